The SMILES string of the molecule is CCNC(=NCCc1nc(-c2cccc(Cl)c2)no1)NC1CCC(O)CC1.I. The molecule has 1 fully saturated rings. The number of aromatic nitrogens is 2. The highest BCUT2D eigenvalue weighted by atomic mass is 127. The third kappa shape index (κ3) is 6.89. The van der Waals surface area contributed by atoms with Crippen molar-refractivity contribution in [1.82, 2.24) is 20.8 Å². The molecule has 0 unspecified atom stereocenters. The molecule has 1 aliphatic carbocycles. The second-order valence-electron chi connectivity index (χ2n) is 6.68. The molecule has 1 aromatic heterocycles. The molecule has 0 radical (unpaired) electrons. The monoisotopic (exact) mass is 519 g/mol. The topological polar surface area (TPSA) is 95.6 Å². The standard InChI is InChI=1S/C19H26ClN5O2.HI/c1-2-21-19(23-15-6-8-16(26)9-7-15)22-11-10-17-24-18(25-27-17)13-4-3-5-14(20)12-13;/h3-5,12,15-16,26H,2,6-11H2,1H3,(H2,21,22,23);1H. The average molecular weight is 520 g/mol. The molecular formula is C19H27ClIN5O2. The molecule has 0 amide bonds. The van der Waals surface area contributed by atoms with Crippen LogP contribution in [0.4, 0.5) is 0 Å². The van der Waals surface area contributed by atoms with E-state index in [1.54, 1.807) is 0 Å². The molecule has 2 aromatic rings. The van der Waals surface area contributed by atoms with E-state index >= 15 is 0 Å². The maximum atomic E-state index is 9.63. The summed E-state index contributed by atoms with van der Waals surface area (Å²) in [5, 5.41) is 21.0. The van der Waals surface area contributed by atoms with Gasteiger partial charge in [0.05, 0.1) is 12.6 Å². The quantitative estimate of drug-likeness (QED) is 0.308. The molecule has 154 valence electrons. The van der Waals surface area contributed by atoms with Crippen molar-refractivity contribution in [2.75, 3.05) is 13.1 Å². The summed E-state index contributed by atoms with van der Waals surface area (Å²) in [6, 6.07) is 7.72. The highest BCUT2D eigenvalue weighted by Crippen LogP contribution is 2.20. The van der Waals surface area contributed by atoms with Crippen molar-refractivity contribution in [3.63, 3.8) is 0 Å². The lowest BCUT2D eigenvalue weighted by atomic mass is 9.93. The number of halogens is 2. The molecule has 1 saturated carbocycles. The first-order chi connectivity index (χ1) is 13.1. The molecule has 1 aliphatic rings. The Morgan fingerprint density at radius 3 is 2.82 bits per heavy atom. The zero-order valence-electron chi connectivity index (χ0n) is 15.9. The van der Waals surface area contributed by atoms with Crippen molar-refractivity contribution in [3.05, 3.63) is 35.2 Å². The van der Waals surface area contributed by atoms with Crippen LogP contribution in [-0.2, 0) is 6.42 Å². The minimum absolute atomic E-state index is 0. The summed E-state index contributed by atoms with van der Waals surface area (Å²) in [6.07, 6.45) is 3.99. The van der Waals surface area contributed by atoms with Crippen LogP contribution < -0.4 is 10.6 Å². The van der Waals surface area contributed by atoms with E-state index in [1.165, 1.54) is 0 Å². The fourth-order valence-electron chi connectivity index (χ4n) is 3.10. The van der Waals surface area contributed by atoms with Crippen molar-refractivity contribution in [3.8, 4) is 11.4 Å². The first-order valence-electron chi connectivity index (χ1n) is 9.45. The summed E-state index contributed by atoms with van der Waals surface area (Å²) >= 11 is 6.01. The van der Waals surface area contributed by atoms with Crippen molar-refractivity contribution in [1.29, 1.82) is 0 Å². The number of aliphatic imine (C=N–C) groups is 1. The molecule has 0 aliphatic heterocycles. The van der Waals surface area contributed by atoms with Crippen LogP contribution in [0.25, 0.3) is 11.4 Å². The number of aliphatic hydroxyl groups is 1. The Bertz CT molecular complexity index is 762. The zero-order valence-corrected chi connectivity index (χ0v) is 19.0. The predicted octanol–water partition coefficient (Wildman–Crippen LogP) is 3.41. The smallest absolute Gasteiger partial charge is 0.228 e. The molecule has 3 rings (SSSR count). The van der Waals surface area contributed by atoms with Crippen molar-refractivity contribution in [2.24, 2.45) is 4.99 Å². The molecular weight excluding hydrogens is 493 g/mol. The Balaban J connectivity index is 0.00000280. The highest BCUT2D eigenvalue weighted by Gasteiger charge is 2.20. The van der Waals surface area contributed by atoms with Gasteiger partial charge in [-0.25, -0.2) is 0 Å². The molecule has 1 heterocycles. The lowest BCUT2D eigenvalue weighted by Crippen LogP contribution is -2.45. The van der Waals surface area contributed by atoms with Gasteiger partial charge in [-0.15, -0.1) is 24.0 Å². The van der Waals surface area contributed by atoms with Crippen molar-refractivity contribution < 1.29 is 9.63 Å². The third-order valence-corrected chi connectivity index (χ3v) is 4.76. The van der Waals surface area contributed by atoms with Gasteiger partial charge in [0.25, 0.3) is 0 Å². The van der Waals surface area contributed by atoms with E-state index < -0.39 is 0 Å². The van der Waals surface area contributed by atoms with Gasteiger partial charge in [-0.3, -0.25) is 4.99 Å². The van der Waals surface area contributed by atoms with Gasteiger partial charge in [-0.2, -0.15) is 4.98 Å². The Morgan fingerprint density at radius 1 is 1.32 bits per heavy atom. The van der Waals surface area contributed by atoms with Gasteiger partial charge < -0.3 is 20.3 Å². The van der Waals surface area contributed by atoms with Crippen LogP contribution in [0.2, 0.25) is 5.02 Å². The van der Waals surface area contributed by atoms with E-state index in [0.717, 1.165) is 43.8 Å². The number of hydrogen-bond acceptors (Lipinski definition) is 5. The van der Waals surface area contributed by atoms with Crippen LogP contribution in [0, 0.1) is 0 Å². The second kappa shape index (κ2) is 11.6. The minimum atomic E-state index is -0.159. The van der Waals surface area contributed by atoms with E-state index in [4.69, 9.17) is 16.1 Å². The van der Waals surface area contributed by atoms with E-state index in [0.29, 0.717) is 35.7 Å². The largest absolute Gasteiger partial charge is 0.393 e. The number of rotatable bonds is 6. The predicted molar refractivity (Wildman–Crippen MR) is 121 cm³/mol. The third-order valence-electron chi connectivity index (χ3n) is 4.53. The number of nitrogens with zero attached hydrogens (tertiary/aromatic N) is 3. The van der Waals surface area contributed by atoms with Gasteiger partial charge in [-0.05, 0) is 44.7 Å². The summed E-state index contributed by atoms with van der Waals surface area (Å²) < 4.78 is 5.32. The van der Waals surface area contributed by atoms with Gasteiger partial charge in [-0.1, -0.05) is 28.9 Å². The average Bonchev–Trinajstić information content (AvgIpc) is 3.13. The fourth-order valence-corrected chi connectivity index (χ4v) is 3.29. The first kappa shape index (κ1) is 22.9. The second-order valence-corrected chi connectivity index (χ2v) is 7.12. The zero-order chi connectivity index (χ0) is 19.1. The Morgan fingerprint density at radius 2 is 2.11 bits per heavy atom. The van der Waals surface area contributed by atoms with E-state index in [1.807, 2.05) is 31.2 Å². The van der Waals surface area contributed by atoms with Crippen LogP contribution in [0.5, 0.6) is 0 Å². The Labute approximate surface area is 187 Å². The molecule has 1 aromatic carbocycles. The summed E-state index contributed by atoms with van der Waals surface area (Å²) in [5.41, 5.74) is 0.829. The molecule has 0 bridgehead atoms. The van der Waals surface area contributed by atoms with Crippen LogP contribution >= 0.6 is 35.6 Å². The maximum Gasteiger partial charge on any atom is 0.228 e. The van der Waals surface area contributed by atoms with Gasteiger partial charge in [0, 0.05) is 29.6 Å². The van der Waals surface area contributed by atoms with Crippen molar-refractivity contribution >= 4 is 41.5 Å². The number of hydrogen-bond donors (Lipinski definition) is 3. The lowest BCUT2D eigenvalue weighted by molar-refractivity contribution is 0.120. The Kier molecular flexibility index (Phi) is 9.46. The first-order valence-corrected chi connectivity index (χ1v) is 9.83. The summed E-state index contributed by atoms with van der Waals surface area (Å²) in [5.74, 6) is 1.86. The van der Waals surface area contributed by atoms with Crippen molar-refractivity contribution in [2.45, 2.75) is 51.2 Å². The number of benzene rings is 1. The van der Waals surface area contributed by atoms with Crippen LogP contribution in [-0.4, -0.2) is 46.4 Å². The van der Waals surface area contributed by atoms with Crippen LogP contribution in [0.1, 0.15) is 38.5 Å². The molecule has 0 atom stereocenters. The lowest BCUT2D eigenvalue weighted by Gasteiger charge is -2.27. The van der Waals surface area contributed by atoms with E-state index in [9.17, 15) is 5.11 Å². The molecule has 7 nitrogen and oxygen atoms in total. The highest BCUT2D eigenvalue weighted by molar-refractivity contribution is 14.0. The molecule has 3 N–H and O–H groups in total. The maximum absolute atomic E-state index is 9.63. The summed E-state index contributed by atoms with van der Waals surface area (Å²) in [6.45, 7) is 3.37. The minimum Gasteiger partial charge on any atom is -0.393 e. The molecule has 28 heavy (non-hydrogen) atoms. The van der Waals surface area contributed by atoms with Gasteiger partial charge in [0.2, 0.25) is 11.7 Å². The summed E-state index contributed by atoms with van der Waals surface area (Å²) in [4.78, 5) is 9.02. The van der Waals surface area contributed by atoms with Gasteiger partial charge in [0.15, 0.2) is 5.96 Å². The number of aliphatic hydroxyl groups excluding tert-OH is 1. The normalized spacial score (nSPS) is 19.8. The molecule has 0 saturated heterocycles. The molecule has 0 spiro atoms. The van der Waals surface area contributed by atoms with E-state index in [-0.39, 0.29) is 30.1 Å². The number of guanidine groups is 1. The van der Waals surface area contributed by atoms with E-state index in [2.05, 4.69) is 25.8 Å². The van der Waals surface area contributed by atoms with Crippen LogP contribution in [0.15, 0.2) is 33.8 Å². The van der Waals surface area contributed by atoms with Gasteiger partial charge in [0.1, 0.15) is 0 Å². The van der Waals surface area contributed by atoms with Gasteiger partial charge >= 0.3 is 0 Å². The number of nitrogens with one attached hydrogen (secondary N) is 2. The summed E-state index contributed by atoms with van der Waals surface area (Å²) in [7, 11) is 0. The molecule has 9 heteroatoms. The van der Waals surface area contributed by atoms with Crippen LogP contribution in [0.3, 0.4) is 0 Å². The Hall–Kier alpha value is -1.39. The fraction of sp³-hybridized carbons (Fsp3) is 0.526.